The second kappa shape index (κ2) is 10.5. The molecule has 1 spiro atoms. The first-order valence-corrected chi connectivity index (χ1v) is 13.3. The average Bonchev–Trinajstić information content (AvgIpc) is 3.67. The van der Waals surface area contributed by atoms with Gasteiger partial charge in [-0.15, -0.1) is 0 Å². The molecule has 1 atom stereocenters. The highest BCUT2D eigenvalue weighted by molar-refractivity contribution is 5.58. The van der Waals surface area contributed by atoms with Crippen LogP contribution in [0.3, 0.4) is 0 Å². The minimum absolute atomic E-state index is 0.0187. The van der Waals surface area contributed by atoms with Crippen molar-refractivity contribution in [2.75, 3.05) is 73.5 Å². The van der Waals surface area contributed by atoms with Crippen molar-refractivity contribution < 1.29 is 19.7 Å². The standard InChI is InChI=1S/C27H40N6O4/c1-26(2,18-34)31-21-5-4-20(24(29-21)33-10-8-27(6-7-27)9-11-33)25(35)30-22-16-19(36-3)17-23(28-22)32-12-14-37-15-13-32/h4-5,16-17,25,34-35H,6-15,18H2,1-3H3,(H,28,30)(H,29,31). The van der Waals surface area contributed by atoms with Crippen LogP contribution in [0.1, 0.15) is 51.3 Å². The molecular weight excluding hydrogens is 472 g/mol. The minimum Gasteiger partial charge on any atom is -0.496 e. The number of pyridine rings is 2. The molecule has 10 heteroatoms. The topological polar surface area (TPSA) is 115 Å². The number of hydrogen-bond acceptors (Lipinski definition) is 10. The Kier molecular flexibility index (Phi) is 7.33. The van der Waals surface area contributed by atoms with Crippen LogP contribution in [0.25, 0.3) is 0 Å². The fourth-order valence-corrected chi connectivity index (χ4v) is 5.11. The van der Waals surface area contributed by atoms with E-state index in [4.69, 9.17) is 19.4 Å². The lowest BCUT2D eigenvalue weighted by molar-refractivity contribution is 0.122. The Balaban J connectivity index is 1.41. The van der Waals surface area contributed by atoms with E-state index in [1.807, 2.05) is 32.0 Å². The van der Waals surface area contributed by atoms with Crippen LogP contribution in [0, 0.1) is 5.41 Å². The lowest BCUT2D eigenvalue weighted by Crippen LogP contribution is -2.38. The van der Waals surface area contributed by atoms with Crippen molar-refractivity contribution in [3.63, 3.8) is 0 Å². The monoisotopic (exact) mass is 512 g/mol. The zero-order valence-corrected chi connectivity index (χ0v) is 22.2. The molecule has 3 aliphatic rings. The Hall–Kier alpha value is -2.82. The molecule has 5 rings (SSSR count). The molecule has 1 saturated carbocycles. The molecule has 4 heterocycles. The van der Waals surface area contributed by atoms with E-state index in [2.05, 4.69) is 20.4 Å². The van der Waals surface area contributed by atoms with E-state index in [0.29, 0.717) is 41.6 Å². The first kappa shape index (κ1) is 25.8. The van der Waals surface area contributed by atoms with Gasteiger partial charge in [-0.1, -0.05) is 0 Å². The third-order valence-corrected chi connectivity index (χ3v) is 7.78. The quantitative estimate of drug-likeness (QED) is 0.374. The highest BCUT2D eigenvalue weighted by atomic mass is 16.5. The van der Waals surface area contributed by atoms with Gasteiger partial charge in [-0.05, 0) is 57.1 Å². The summed E-state index contributed by atoms with van der Waals surface area (Å²) < 4.78 is 11.0. The van der Waals surface area contributed by atoms with E-state index in [0.717, 1.165) is 50.7 Å². The number of aliphatic hydroxyl groups is 2. The molecule has 1 unspecified atom stereocenters. The van der Waals surface area contributed by atoms with Crippen molar-refractivity contribution in [2.45, 2.75) is 51.3 Å². The molecule has 2 aromatic rings. The van der Waals surface area contributed by atoms with Gasteiger partial charge in [0, 0.05) is 43.9 Å². The van der Waals surface area contributed by atoms with Gasteiger partial charge in [0.25, 0.3) is 0 Å². The van der Waals surface area contributed by atoms with E-state index < -0.39 is 11.8 Å². The second-order valence-corrected chi connectivity index (χ2v) is 11.2. The smallest absolute Gasteiger partial charge is 0.155 e. The third kappa shape index (κ3) is 6.02. The van der Waals surface area contributed by atoms with Crippen molar-refractivity contribution in [3.8, 4) is 5.75 Å². The molecule has 4 N–H and O–H groups in total. The number of anilines is 4. The number of piperidine rings is 1. The van der Waals surface area contributed by atoms with Crippen molar-refractivity contribution in [1.29, 1.82) is 0 Å². The summed E-state index contributed by atoms with van der Waals surface area (Å²) in [6.45, 7) is 8.49. The van der Waals surface area contributed by atoms with Gasteiger partial charge in [0.1, 0.15) is 29.0 Å². The Morgan fingerprint density at radius 3 is 2.41 bits per heavy atom. The molecule has 0 aromatic carbocycles. The van der Waals surface area contributed by atoms with Crippen LogP contribution in [0.15, 0.2) is 24.3 Å². The normalized spacial score (nSPS) is 20.0. The number of aliphatic hydroxyl groups excluding tert-OH is 2. The number of rotatable bonds is 9. The summed E-state index contributed by atoms with van der Waals surface area (Å²) in [5, 5.41) is 27.6. The van der Waals surface area contributed by atoms with Crippen LogP contribution in [0.2, 0.25) is 0 Å². The highest BCUT2D eigenvalue weighted by Crippen LogP contribution is 2.54. The van der Waals surface area contributed by atoms with Crippen LogP contribution in [-0.4, -0.2) is 78.8 Å². The number of nitrogens with zero attached hydrogens (tertiary/aromatic N) is 4. The number of aromatic nitrogens is 2. The summed E-state index contributed by atoms with van der Waals surface area (Å²) in [6.07, 6.45) is 3.93. The molecule has 1 aliphatic carbocycles. The number of hydrogen-bond donors (Lipinski definition) is 4. The van der Waals surface area contributed by atoms with Crippen molar-refractivity contribution in [2.24, 2.45) is 5.41 Å². The lowest BCUT2D eigenvalue weighted by Gasteiger charge is -2.35. The van der Waals surface area contributed by atoms with Crippen molar-refractivity contribution >= 4 is 23.3 Å². The predicted octanol–water partition coefficient (Wildman–Crippen LogP) is 2.99. The maximum absolute atomic E-state index is 11.4. The number of nitrogens with one attached hydrogen (secondary N) is 2. The zero-order valence-electron chi connectivity index (χ0n) is 22.2. The summed E-state index contributed by atoms with van der Waals surface area (Å²) in [4.78, 5) is 14.1. The van der Waals surface area contributed by atoms with Gasteiger partial charge in [-0.3, -0.25) is 0 Å². The fourth-order valence-electron chi connectivity index (χ4n) is 5.11. The lowest BCUT2D eigenvalue weighted by atomic mass is 9.93. The van der Waals surface area contributed by atoms with Gasteiger partial charge in [0.15, 0.2) is 6.23 Å². The Labute approximate surface area is 219 Å². The van der Waals surface area contributed by atoms with E-state index in [1.165, 1.54) is 12.8 Å². The SMILES string of the molecule is COc1cc(NC(O)c2ccc(NC(C)(C)CO)nc2N2CCC3(CC2)CC3)nc(N2CCOCC2)c1. The van der Waals surface area contributed by atoms with Crippen LogP contribution >= 0.6 is 0 Å². The fraction of sp³-hybridized carbons (Fsp3) is 0.630. The third-order valence-electron chi connectivity index (χ3n) is 7.78. The first-order chi connectivity index (χ1) is 17.8. The molecule has 202 valence electrons. The molecule has 37 heavy (non-hydrogen) atoms. The number of ether oxygens (including phenoxy) is 2. The average molecular weight is 513 g/mol. The van der Waals surface area contributed by atoms with Gasteiger partial charge in [0.05, 0.1) is 32.5 Å². The van der Waals surface area contributed by atoms with E-state index in [-0.39, 0.29) is 6.61 Å². The highest BCUT2D eigenvalue weighted by Gasteiger charge is 2.45. The molecule has 0 amide bonds. The second-order valence-electron chi connectivity index (χ2n) is 11.2. The summed E-state index contributed by atoms with van der Waals surface area (Å²) in [6, 6.07) is 7.45. The van der Waals surface area contributed by atoms with Gasteiger partial charge in [0.2, 0.25) is 0 Å². The van der Waals surface area contributed by atoms with Gasteiger partial charge >= 0.3 is 0 Å². The van der Waals surface area contributed by atoms with E-state index in [9.17, 15) is 10.2 Å². The molecule has 3 fully saturated rings. The van der Waals surface area contributed by atoms with Crippen molar-refractivity contribution in [3.05, 3.63) is 29.8 Å². The Morgan fingerprint density at radius 2 is 1.76 bits per heavy atom. The molecule has 0 bridgehead atoms. The van der Waals surface area contributed by atoms with Gasteiger partial charge in [-0.2, -0.15) is 0 Å². The zero-order chi connectivity index (χ0) is 26.0. The Morgan fingerprint density at radius 1 is 1.03 bits per heavy atom. The van der Waals surface area contributed by atoms with Crippen LogP contribution in [0.5, 0.6) is 5.75 Å². The Bertz CT molecular complexity index is 1080. The number of morpholine rings is 1. The molecule has 2 aliphatic heterocycles. The predicted molar refractivity (Wildman–Crippen MR) is 145 cm³/mol. The summed E-state index contributed by atoms with van der Waals surface area (Å²) in [5.41, 5.74) is 0.711. The van der Waals surface area contributed by atoms with Crippen LogP contribution in [0.4, 0.5) is 23.3 Å². The molecular formula is C27H40N6O4. The van der Waals surface area contributed by atoms with Crippen LogP contribution in [-0.2, 0) is 4.74 Å². The molecule has 2 aromatic heterocycles. The number of methoxy groups -OCH3 is 1. The largest absolute Gasteiger partial charge is 0.496 e. The maximum Gasteiger partial charge on any atom is 0.155 e. The van der Waals surface area contributed by atoms with E-state index in [1.54, 1.807) is 13.2 Å². The first-order valence-electron chi connectivity index (χ1n) is 13.3. The molecule has 10 nitrogen and oxygen atoms in total. The summed E-state index contributed by atoms with van der Waals surface area (Å²) in [7, 11) is 1.63. The van der Waals surface area contributed by atoms with Crippen LogP contribution < -0.4 is 25.2 Å². The van der Waals surface area contributed by atoms with E-state index >= 15 is 0 Å². The molecule has 2 saturated heterocycles. The summed E-state index contributed by atoms with van der Waals surface area (Å²) >= 11 is 0. The summed E-state index contributed by atoms with van der Waals surface area (Å²) in [5.74, 6) is 3.41. The van der Waals surface area contributed by atoms with Crippen molar-refractivity contribution in [1.82, 2.24) is 9.97 Å². The van der Waals surface area contributed by atoms with Gasteiger partial charge in [-0.25, -0.2) is 9.97 Å². The maximum atomic E-state index is 11.4. The molecule has 0 radical (unpaired) electrons. The van der Waals surface area contributed by atoms with Gasteiger partial charge < -0.3 is 40.1 Å². The minimum atomic E-state index is -1.02.